The van der Waals surface area contributed by atoms with Gasteiger partial charge in [-0.2, -0.15) is 0 Å². The second-order valence-electron chi connectivity index (χ2n) is 9.22. The average molecular weight is 626 g/mol. The Hall–Kier alpha value is -5.13. The molecule has 0 fully saturated rings. The van der Waals surface area contributed by atoms with Gasteiger partial charge in [-0.15, -0.1) is 22.7 Å². The summed E-state index contributed by atoms with van der Waals surface area (Å²) in [6, 6.07) is 21.6. The van der Waals surface area contributed by atoms with Crippen molar-refractivity contribution in [3.05, 3.63) is 112 Å². The number of amides is 2. The highest BCUT2D eigenvalue weighted by Crippen LogP contribution is 2.37. The fourth-order valence-corrected chi connectivity index (χ4v) is 6.28. The van der Waals surface area contributed by atoms with Crippen LogP contribution in [0.15, 0.2) is 89.8 Å². The molecule has 9 nitrogen and oxygen atoms in total. The molecular formula is C33H27N3O6S2. The molecule has 3 aromatic heterocycles. The minimum atomic E-state index is -0.556. The Labute approximate surface area is 261 Å². The van der Waals surface area contributed by atoms with Crippen molar-refractivity contribution in [2.75, 3.05) is 23.8 Å². The average Bonchev–Trinajstić information content (AvgIpc) is 3.66. The summed E-state index contributed by atoms with van der Waals surface area (Å²) in [5.41, 5.74) is 3.68. The van der Waals surface area contributed by atoms with E-state index < -0.39 is 23.8 Å². The highest BCUT2D eigenvalue weighted by molar-refractivity contribution is 7.15. The number of pyridine rings is 1. The van der Waals surface area contributed by atoms with Crippen molar-refractivity contribution < 1.29 is 28.7 Å². The van der Waals surface area contributed by atoms with Crippen LogP contribution in [0, 0.1) is 0 Å². The Morgan fingerprint density at radius 1 is 0.659 bits per heavy atom. The first-order chi connectivity index (χ1) is 21.4. The number of nitrogens with zero attached hydrogens (tertiary/aromatic N) is 1. The molecule has 2 amide bonds. The lowest BCUT2D eigenvalue weighted by Gasteiger charge is -2.10. The van der Waals surface area contributed by atoms with Gasteiger partial charge in [-0.25, -0.2) is 9.59 Å². The standard InChI is InChI=1S/C33H27N3O6S2/c1-3-41-32(39)26-23(20-11-7-5-8-12-20)18-43-30(26)35-28(37)22-15-16-25(34-17-22)29(38)36-31-27(33(40)42-4-2)24(19-44-31)21-13-9-6-10-14-21/h5-19H,3-4H2,1-2H3,(H,35,37)(H,36,38). The van der Waals surface area contributed by atoms with Crippen molar-refractivity contribution in [2.45, 2.75) is 13.8 Å². The molecule has 2 aromatic carbocycles. The Morgan fingerprint density at radius 3 is 1.57 bits per heavy atom. The molecule has 0 radical (unpaired) electrons. The first-order valence-electron chi connectivity index (χ1n) is 13.7. The zero-order valence-electron chi connectivity index (χ0n) is 23.8. The lowest BCUT2D eigenvalue weighted by molar-refractivity contribution is 0.0519. The van der Waals surface area contributed by atoms with Crippen molar-refractivity contribution >= 4 is 56.4 Å². The van der Waals surface area contributed by atoms with Crippen molar-refractivity contribution in [1.29, 1.82) is 0 Å². The molecule has 5 aromatic rings. The number of thiophene rings is 2. The highest BCUT2D eigenvalue weighted by Gasteiger charge is 2.25. The van der Waals surface area contributed by atoms with E-state index in [1.165, 1.54) is 41.0 Å². The maximum Gasteiger partial charge on any atom is 0.341 e. The van der Waals surface area contributed by atoms with Gasteiger partial charge in [-0.3, -0.25) is 14.6 Å². The van der Waals surface area contributed by atoms with Crippen molar-refractivity contribution in [2.24, 2.45) is 0 Å². The predicted molar refractivity (Wildman–Crippen MR) is 172 cm³/mol. The SMILES string of the molecule is CCOC(=O)c1c(-c2ccccc2)csc1NC(=O)c1ccc(C(=O)Nc2scc(-c3ccccc3)c2C(=O)OCC)nc1. The summed E-state index contributed by atoms with van der Waals surface area (Å²) in [6.07, 6.45) is 1.27. The summed E-state index contributed by atoms with van der Waals surface area (Å²) >= 11 is 2.41. The van der Waals surface area contributed by atoms with Gasteiger partial charge in [0.1, 0.15) is 26.8 Å². The summed E-state index contributed by atoms with van der Waals surface area (Å²) in [5.74, 6) is -2.15. The fraction of sp³-hybridized carbons (Fsp3) is 0.121. The molecule has 222 valence electrons. The molecule has 2 N–H and O–H groups in total. The Morgan fingerprint density at radius 2 is 1.14 bits per heavy atom. The predicted octanol–water partition coefficient (Wildman–Crippen LogP) is 7.40. The Bertz CT molecular complexity index is 1670. The number of ether oxygens (including phenoxy) is 2. The van der Waals surface area contributed by atoms with Crippen LogP contribution in [0.2, 0.25) is 0 Å². The van der Waals surface area contributed by atoms with E-state index in [0.717, 1.165) is 11.1 Å². The molecule has 0 unspecified atom stereocenters. The van der Waals surface area contributed by atoms with Crippen molar-refractivity contribution in [3.63, 3.8) is 0 Å². The van der Waals surface area contributed by atoms with E-state index >= 15 is 0 Å². The van der Waals surface area contributed by atoms with Crippen LogP contribution in [-0.4, -0.2) is 42.0 Å². The third-order valence-corrected chi connectivity index (χ3v) is 8.21. The van der Waals surface area contributed by atoms with Gasteiger partial charge in [0.05, 0.1) is 18.8 Å². The third-order valence-electron chi connectivity index (χ3n) is 6.42. The van der Waals surface area contributed by atoms with Gasteiger partial charge < -0.3 is 20.1 Å². The number of hydrogen-bond donors (Lipinski definition) is 2. The molecule has 0 aliphatic rings. The quantitative estimate of drug-likeness (QED) is 0.155. The molecule has 44 heavy (non-hydrogen) atoms. The second-order valence-corrected chi connectivity index (χ2v) is 11.0. The van der Waals surface area contributed by atoms with E-state index in [1.54, 1.807) is 24.6 Å². The third kappa shape index (κ3) is 6.59. The lowest BCUT2D eigenvalue weighted by atomic mass is 10.0. The molecule has 0 saturated carbocycles. The number of benzene rings is 2. The molecule has 3 heterocycles. The van der Waals surface area contributed by atoms with E-state index in [2.05, 4.69) is 15.6 Å². The number of carbonyl (C=O) groups is 4. The van der Waals surface area contributed by atoms with Crippen LogP contribution < -0.4 is 10.6 Å². The summed E-state index contributed by atoms with van der Waals surface area (Å²) in [5, 5.41) is 9.79. The number of esters is 2. The van der Waals surface area contributed by atoms with E-state index in [-0.39, 0.29) is 35.6 Å². The van der Waals surface area contributed by atoms with Crippen LogP contribution in [0.1, 0.15) is 55.4 Å². The minimum absolute atomic E-state index is 0.0423. The van der Waals surface area contributed by atoms with Crippen LogP contribution in [0.25, 0.3) is 22.3 Å². The maximum absolute atomic E-state index is 13.1. The first kappa shape index (κ1) is 30.3. The Balaban J connectivity index is 1.34. The molecule has 11 heteroatoms. The van der Waals surface area contributed by atoms with Gasteiger partial charge >= 0.3 is 11.9 Å². The fourth-order valence-electron chi connectivity index (χ4n) is 4.38. The van der Waals surface area contributed by atoms with Gasteiger partial charge in [-0.05, 0) is 37.1 Å². The van der Waals surface area contributed by atoms with Gasteiger partial charge in [-0.1, -0.05) is 60.7 Å². The molecule has 0 aliphatic carbocycles. The number of carbonyl (C=O) groups excluding carboxylic acids is 4. The number of aromatic nitrogens is 1. The van der Waals surface area contributed by atoms with E-state index in [0.29, 0.717) is 21.1 Å². The topological polar surface area (TPSA) is 124 Å². The molecule has 0 spiro atoms. The number of anilines is 2. The highest BCUT2D eigenvalue weighted by atomic mass is 32.1. The van der Waals surface area contributed by atoms with Crippen molar-refractivity contribution in [1.82, 2.24) is 4.98 Å². The smallest absolute Gasteiger partial charge is 0.341 e. The van der Waals surface area contributed by atoms with Gasteiger partial charge in [0.25, 0.3) is 11.8 Å². The second kappa shape index (κ2) is 13.9. The maximum atomic E-state index is 13.1. The van der Waals surface area contributed by atoms with Gasteiger partial charge in [0.2, 0.25) is 0 Å². The largest absolute Gasteiger partial charge is 0.462 e. The normalized spacial score (nSPS) is 10.6. The monoisotopic (exact) mass is 625 g/mol. The molecule has 0 bridgehead atoms. The summed E-state index contributed by atoms with van der Waals surface area (Å²) in [6.45, 7) is 3.79. The summed E-state index contributed by atoms with van der Waals surface area (Å²) in [7, 11) is 0. The summed E-state index contributed by atoms with van der Waals surface area (Å²) < 4.78 is 10.5. The van der Waals surface area contributed by atoms with Crippen LogP contribution in [0.4, 0.5) is 10.0 Å². The number of nitrogens with one attached hydrogen (secondary N) is 2. The zero-order valence-corrected chi connectivity index (χ0v) is 25.4. The van der Waals surface area contributed by atoms with Crippen LogP contribution in [-0.2, 0) is 9.47 Å². The Kier molecular flexibility index (Phi) is 9.58. The van der Waals surface area contributed by atoms with Crippen LogP contribution >= 0.6 is 22.7 Å². The number of rotatable bonds is 10. The summed E-state index contributed by atoms with van der Waals surface area (Å²) in [4.78, 5) is 56.1. The van der Waals surface area contributed by atoms with Crippen LogP contribution in [0.5, 0.6) is 0 Å². The molecule has 5 rings (SSSR count). The minimum Gasteiger partial charge on any atom is -0.462 e. The molecule has 0 saturated heterocycles. The van der Waals surface area contributed by atoms with Gasteiger partial charge in [0, 0.05) is 28.1 Å². The molecule has 0 atom stereocenters. The van der Waals surface area contributed by atoms with Gasteiger partial charge in [0.15, 0.2) is 0 Å². The first-order valence-corrected chi connectivity index (χ1v) is 15.4. The molecule has 0 aliphatic heterocycles. The lowest BCUT2D eigenvalue weighted by Crippen LogP contribution is -2.18. The van der Waals surface area contributed by atoms with Crippen molar-refractivity contribution in [3.8, 4) is 22.3 Å². The van der Waals surface area contributed by atoms with E-state index in [4.69, 9.17) is 9.47 Å². The van der Waals surface area contributed by atoms with E-state index in [9.17, 15) is 19.2 Å². The van der Waals surface area contributed by atoms with E-state index in [1.807, 2.05) is 60.7 Å². The zero-order chi connectivity index (χ0) is 31.1. The molecular weight excluding hydrogens is 599 g/mol. The number of hydrogen-bond acceptors (Lipinski definition) is 9. The van der Waals surface area contributed by atoms with Crippen LogP contribution in [0.3, 0.4) is 0 Å².